The number of carboxylic acid groups (broad SMARTS) is 1. The van der Waals surface area contributed by atoms with Crippen LogP contribution in [-0.4, -0.2) is 89.7 Å². The van der Waals surface area contributed by atoms with Crippen molar-refractivity contribution in [2.24, 2.45) is 5.92 Å². The maximum absolute atomic E-state index is 10.6. The molecule has 3 aliphatic rings. The molecule has 3 atom stereocenters. The van der Waals surface area contributed by atoms with Gasteiger partial charge in [-0.05, 0) is 44.1 Å². The van der Waals surface area contributed by atoms with Gasteiger partial charge < -0.3 is 19.3 Å². The minimum atomic E-state index is -5.08. The lowest BCUT2D eigenvalue weighted by Gasteiger charge is -2.34. The average molecular weight is 463 g/mol. The Morgan fingerprint density at radius 3 is 2.62 bits per heavy atom. The number of nitrogens with zero attached hydrogens (tertiary/aromatic N) is 3. The van der Waals surface area contributed by atoms with Gasteiger partial charge in [-0.25, -0.2) is 4.79 Å². The topological polar surface area (TPSA) is 86.0 Å². The van der Waals surface area contributed by atoms with E-state index < -0.39 is 12.1 Å². The highest BCUT2D eigenvalue weighted by atomic mass is 19.4. The number of carboxylic acids is 1. The summed E-state index contributed by atoms with van der Waals surface area (Å²) in [5.41, 5.74) is 0. The van der Waals surface area contributed by atoms with Crippen LogP contribution in [0, 0.1) is 5.92 Å². The lowest BCUT2D eigenvalue weighted by molar-refractivity contribution is -0.192. The molecule has 0 unspecified atom stereocenters. The Labute approximate surface area is 185 Å². The molecule has 0 amide bonds. The van der Waals surface area contributed by atoms with E-state index in [1.807, 2.05) is 23.1 Å². The van der Waals surface area contributed by atoms with Crippen LogP contribution in [0.3, 0.4) is 0 Å². The van der Waals surface area contributed by atoms with E-state index in [0.29, 0.717) is 6.04 Å². The van der Waals surface area contributed by atoms with Crippen molar-refractivity contribution in [2.45, 2.75) is 63.1 Å². The van der Waals surface area contributed by atoms with Crippen LogP contribution >= 0.6 is 0 Å². The van der Waals surface area contributed by atoms with Gasteiger partial charge in [0.05, 0.1) is 6.10 Å². The van der Waals surface area contributed by atoms with E-state index in [1.54, 1.807) is 0 Å². The van der Waals surface area contributed by atoms with Crippen molar-refractivity contribution in [1.82, 2.24) is 14.7 Å². The van der Waals surface area contributed by atoms with E-state index in [9.17, 15) is 13.2 Å². The predicted octanol–water partition coefficient (Wildman–Crippen LogP) is 2.58. The van der Waals surface area contributed by atoms with Crippen molar-refractivity contribution >= 4 is 5.97 Å². The van der Waals surface area contributed by atoms with Crippen LogP contribution in [0.2, 0.25) is 0 Å². The molecule has 3 saturated heterocycles. The quantitative estimate of drug-likeness (QED) is 0.622. The molecule has 0 aromatic carbocycles. The second kappa shape index (κ2) is 12.0. The summed E-state index contributed by atoms with van der Waals surface area (Å²) in [6, 6.07) is 2.51. The van der Waals surface area contributed by atoms with Gasteiger partial charge in [-0.3, -0.25) is 9.58 Å². The number of aromatic nitrogens is 2. The second-order valence-corrected chi connectivity index (χ2v) is 8.39. The molecule has 4 heterocycles. The van der Waals surface area contributed by atoms with Gasteiger partial charge in [-0.15, -0.1) is 0 Å². The Balaban J connectivity index is 0.000000360. The molecule has 3 aliphatic heterocycles. The molecule has 11 heteroatoms. The Kier molecular flexibility index (Phi) is 9.33. The lowest BCUT2D eigenvalue weighted by Crippen LogP contribution is -2.43. The summed E-state index contributed by atoms with van der Waals surface area (Å²) < 4.78 is 51.6. The van der Waals surface area contributed by atoms with E-state index in [1.165, 1.54) is 32.2 Å². The molecule has 1 aromatic rings. The molecule has 0 radical (unpaired) electrons. The fourth-order valence-electron chi connectivity index (χ4n) is 4.52. The molecule has 8 nitrogen and oxygen atoms in total. The Morgan fingerprint density at radius 2 is 1.97 bits per heavy atom. The molecule has 0 aliphatic carbocycles. The van der Waals surface area contributed by atoms with Crippen molar-refractivity contribution in [2.75, 3.05) is 39.5 Å². The number of fused-ring (bicyclic) bond motifs is 1. The highest BCUT2D eigenvalue weighted by molar-refractivity contribution is 5.73. The molecule has 32 heavy (non-hydrogen) atoms. The number of ether oxygens (including phenoxy) is 3. The first-order valence-corrected chi connectivity index (χ1v) is 11.2. The van der Waals surface area contributed by atoms with Gasteiger partial charge in [0, 0.05) is 64.5 Å². The summed E-state index contributed by atoms with van der Waals surface area (Å²) in [6.07, 6.45) is 5.06. The highest BCUT2D eigenvalue weighted by Crippen LogP contribution is 2.32. The molecule has 1 N–H and O–H groups in total. The molecule has 0 bridgehead atoms. The number of hydrogen-bond acceptors (Lipinski definition) is 6. The number of alkyl halides is 3. The second-order valence-electron chi connectivity index (χ2n) is 8.39. The highest BCUT2D eigenvalue weighted by Gasteiger charge is 2.45. The number of aliphatic carboxylic acids is 1. The van der Waals surface area contributed by atoms with E-state index in [2.05, 4.69) is 10.00 Å². The average Bonchev–Trinajstić information content (AvgIpc) is 3.40. The monoisotopic (exact) mass is 463 g/mol. The zero-order valence-corrected chi connectivity index (χ0v) is 18.1. The molecule has 3 fully saturated rings. The number of aryl methyl sites for hydroxylation is 1. The number of rotatable bonds is 7. The SMILES string of the molecule is O=C(O)C(F)(F)F.c1cnn(CCCO[C@H]2CN(CC3CCOCC3)[C@@H]3CCCO[C@H]23)c1. The molecule has 1 aromatic heterocycles. The summed E-state index contributed by atoms with van der Waals surface area (Å²) in [7, 11) is 0. The predicted molar refractivity (Wildman–Crippen MR) is 108 cm³/mol. The van der Waals surface area contributed by atoms with Gasteiger partial charge >= 0.3 is 12.1 Å². The fourth-order valence-corrected chi connectivity index (χ4v) is 4.52. The minimum absolute atomic E-state index is 0.225. The van der Waals surface area contributed by atoms with Crippen molar-refractivity contribution in [3.63, 3.8) is 0 Å². The summed E-state index contributed by atoms with van der Waals surface area (Å²) in [4.78, 5) is 11.5. The zero-order valence-electron chi connectivity index (χ0n) is 18.1. The maximum Gasteiger partial charge on any atom is 0.490 e. The molecule has 0 spiro atoms. The number of carbonyl (C=O) groups is 1. The van der Waals surface area contributed by atoms with Gasteiger partial charge in [0.15, 0.2) is 0 Å². The Morgan fingerprint density at radius 1 is 1.22 bits per heavy atom. The van der Waals surface area contributed by atoms with Crippen LogP contribution in [0.5, 0.6) is 0 Å². The van der Waals surface area contributed by atoms with Crippen LogP contribution in [0.15, 0.2) is 18.5 Å². The summed E-state index contributed by atoms with van der Waals surface area (Å²) in [5.74, 6) is -1.98. The number of hydrogen-bond donors (Lipinski definition) is 1. The first-order valence-electron chi connectivity index (χ1n) is 11.2. The lowest BCUT2D eigenvalue weighted by atomic mass is 9.97. The summed E-state index contributed by atoms with van der Waals surface area (Å²) in [5, 5.41) is 11.4. The maximum atomic E-state index is 10.6. The van der Waals surface area contributed by atoms with Crippen molar-refractivity contribution in [1.29, 1.82) is 0 Å². The summed E-state index contributed by atoms with van der Waals surface area (Å²) in [6.45, 7) is 6.64. The third-order valence-electron chi connectivity index (χ3n) is 6.08. The molecular formula is C21H32F3N3O5. The normalized spacial score (nSPS) is 26.9. The minimum Gasteiger partial charge on any atom is -0.475 e. The van der Waals surface area contributed by atoms with Crippen LogP contribution < -0.4 is 0 Å². The van der Waals surface area contributed by atoms with Crippen LogP contribution in [-0.2, 0) is 25.5 Å². The third kappa shape index (κ3) is 7.43. The van der Waals surface area contributed by atoms with Crippen LogP contribution in [0.1, 0.15) is 32.1 Å². The molecular weight excluding hydrogens is 431 g/mol. The largest absolute Gasteiger partial charge is 0.490 e. The number of halogens is 3. The van der Waals surface area contributed by atoms with E-state index >= 15 is 0 Å². The van der Waals surface area contributed by atoms with Crippen molar-refractivity contribution in [3.8, 4) is 0 Å². The smallest absolute Gasteiger partial charge is 0.475 e. The van der Waals surface area contributed by atoms with Gasteiger partial charge in [-0.1, -0.05) is 0 Å². The van der Waals surface area contributed by atoms with E-state index in [0.717, 1.165) is 51.9 Å². The standard InChI is InChI=1S/C19H31N3O3.C2HF3O2/c1-4-17-19(25-10-1)18(24-11-3-9-22-8-2-7-20-22)15-21(17)14-16-5-12-23-13-6-16;3-2(4,5)1(6)7/h2,7-8,16-19H,1,3-6,9-15H2;(H,6,7)/t17-,18+,19+;/m1./s1. The third-order valence-corrected chi connectivity index (χ3v) is 6.08. The van der Waals surface area contributed by atoms with Gasteiger partial charge in [0.1, 0.15) is 6.10 Å². The van der Waals surface area contributed by atoms with Gasteiger partial charge in [0.25, 0.3) is 0 Å². The molecule has 182 valence electrons. The number of likely N-dealkylation sites (tertiary alicyclic amines) is 1. The van der Waals surface area contributed by atoms with Crippen LogP contribution in [0.25, 0.3) is 0 Å². The van der Waals surface area contributed by atoms with Crippen molar-refractivity contribution in [3.05, 3.63) is 18.5 Å². The fraction of sp³-hybridized carbons (Fsp3) is 0.810. The Bertz CT molecular complexity index is 683. The first kappa shape index (κ1) is 24.9. The molecule has 4 rings (SSSR count). The van der Waals surface area contributed by atoms with Crippen molar-refractivity contribution < 1.29 is 37.3 Å². The first-order chi connectivity index (χ1) is 15.3. The van der Waals surface area contributed by atoms with Crippen LogP contribution in [0.4, 0.5) is 13.2 Å². The summed E-state index contributed by atoms with van der Waals surface area (Å²) >= 11 is 0. The zero-order chi connectivity index (χ0) is 23.0. The van der Waals surface area contributed by atoms with E-state index in [-0.39, 0.29) is 12.2 Å². The van der Waals surface area contributed by atoms with Gasteiger partial charge in [0.2, 0.25) is 0 Å². The van der Waals surface area contributed by atoms with Gasteiger partial charge in [-0.2, -0.15) is 18.3 Å². The molecule has 0 saturated carbocycles. The Hall–Kier alpha value is -1.69. The van der Waals surface area contributed by atoms with E-state index in [4.69, 9.17) is 24.1 Å².